The molecule has 0 saturated carbocycles. The number of hydrogen-bond acceptors (Lipinski definition) is 7. The number of nitrogens with zero attached hydrogens (tertiary/aromatic N) is 2. The molecule has 39 heavy (non-hydrogen) atoms. The molecular weight excluding hydrogens is 492 g/mol. The topological polar surface area (TPSA) is 52.6 Å². The molecular formula is C32H40N2O5. The molecule has 3 aromatic carbocycles. The first-order valence-electron chi connectivity index (χ1n) is 13.3. The number of allylic oxidation sites excluding steroid dienone is 1. The summed E-state index contributed by atoms with van der Waals surface area (Å²) in [6.45, 7) is 4.33. The van der Waals surface area contributed by atoms with E-state index in [1.807, 2.05) is 18.2 Å². The van der Waals surface area contributed by atoms with Gasteiger partial charge in [0.25, 0.3) is 0 Å². The Kier molecular flexibility index (Phi) is 9.87. The van der Waals surface area contributed by atoms with Crippen molar-refractivity contribution in [2.75, 3.05) is 62.0 Å². The van der Waals surface area contributed by atoms with Crippen LogP contribution in [0.25, 0.3) is 11.1 Å². The van der Waals surface area contributed by atoms with Gasteiger partial charge in [-0.25, -0.2) is 0 Å². The molecule has 0 unspecified atom stereocenters. The number of rotatable bonds is 13. The standard InChI is InChI=1S/C32H40N2O5/c1-7-29(25-12-17-30-31(18-25)38-22-37-30)32(23-8-13-26(14-9-23)36-21-35-6)24-10-15-27(16-11-24)39-28(19-33(2)3)20-34(4)5/h8-18,28H,7,19-22H2,1-6H3. The average molecular weight is 533 g/mol. The molecule has 0 spiro atoms. The lowest BCUT2D eigenvalue weighted by atomic mass is 9.88. The zero-order valence-electron chi connectivity index (χ0n) is 23.9. The first-order valence-corrected chi connectivity index (χ1v) is 13.3. The van der Waals surface area contributed by atoms with Crippen molar-refractivity contribution in [2.24, 2.45) is 0 Å². The van der Waals surface area contributed by atoms with Crippen LogP contribution < -0.4 is 18.9 Å². The lowest BCUT2D eigenvalue weighted by molar-refractivity contribution is 0.0511. The number of methoxy groups -OCH3 is 1. The van der Waals surface area contributed by atoms with Gasteiger partial charge in [-0.3, -0.25) is 0 Å². The SMILES string of the molecule is CCC(=C(c1ccc(OCOC)cc1)c1ccc(OC(CN(C)C)CN(C)C)cc1)c1ccc2c(c1)OCO2. The lowest BCUT2D eigenvalue weighted by Crippen LogP contribution is -2.38. The highest BCUT2D eigenvalue weighted by atomic mass is 16.7. The molecule has 0 saturated heterocycles. The summed E-state index contributed by atoms with van der Waals surface area (Å²) >= 11 is 0. The van der Waals surface area contributed by atoms with E-state index in [-0.39, 0.29) is 19.7 Å². The van der Waals surface area contributed by atoms with Gasteiger partial charge < -0.3 is 33.5 Å². The van der Waals surface area contributed by atoms with Crippen LogP contribution in [0.1, 0.15) is 30.0 Å². The van der Waals surface area contributed by atoms with Gasteiger partial charge in [-0.1, -0.05) is 37.3 Å². The highest BCUT2D eigenvalue weighted by Gasteiger charge is 2.19. The quantitative estimate of drug-likeness (QED) is 0.209. The predicted molar refractivity (Wildman–Crippen MR) is 156 cm³/mol. The van der Waals surface area contributed by atoms with Gasteiger partial charge in [0.1, 0.15) is 17.6 Å². The van der Waals surface area contributed by atoms with Crippen LogP contribution in [0.15, 0.2) is 66.7 Å². The molecule has 0 atom stereocenters. The molecule has 0 aliphatic carbocycles. The van der Waals surface area contributed by atoms with Gasteiger partial charge >= 0.3 is 0 Å². The Morgan fingerprint density at radius 1 is 0.769 bits per heavy atom. The summed E-state index contributed by atoms with van der Waals surface area (Å²) in [6.07, 6.45) is 0.901. The zero-order chi connectivity index (χ0) is 27.8. The molecule has 0 bridgehead atoms. The smallest absolute Gasteiger partial charge is 0.231 e. The third-order valence-corrected chi connectivity index (χ3v) is 6.45. The summed E-state index contributed by atoms with van der Waals surface area (Å²) in [6, 6.07) is 22.7. The molecule has 0 fully saturated rings. The van der Waals surface area contributed by atoms with Gasteiger partial charge in [0.05, 0.1) is 0 Å². The molecule has 7 nitrogen and oxygen atoms in total. The van der Waals surface area contributed by atoms with Gasteiger partial charge in [0.2, 0.25) is 6.79 Å². The number of ether oxygens (including phenoxy) is 5. The molecule has 0 N–H and O–H groups in total. The summed E-state index contributed by atoms with van der Waals surface area (Å²) in [5.41, 5.74) is 5.68. The fourth-order valence-electron chi connectivity index (χ4n) is 4.81. The Labute approximate surface area is 232 Å². The van der Waals surface area contributed by atoms with Crippen molar-refractivity contribution < 1.29 is 23.7 Å². The monoisotopic (exact) mass is 532 g/mol. The molecule has 0 radical (unpaired) electrons. The lowest BCUT2D eigenvalue weighted by Gasteiger charge is -2.25. The van der Waals surface area contributed by atoms with E-state index in [1.165, 1.54) is 5.57 Å². The maximum absolute atomic E-state index is 6.39. The molecule has 7 heteroatoms. The second-order valence-electron chi connectivity index (χ2n) is 10.1. The normalized spacial score (nSPS) is 13.3. The molecule has 1 heterocycles. The van der Waals surface area contributed by atoms with Crippen LogP contribution >= 0.6 is 0 Å². The predicted octanol–water partition coefficient (Wildman–Crippen LogP) is 5.64. The Hall–Kier alpha value is -3.52. The Morgan fingerprint density at radius 2 is 1.33 bits per heavy atom. The van der Waals surface area contributed by atoms with Crippen molar-refractivity contribution in [3.8, 4) is 23.0 Å². The maximum atomic E-state index is 6.39. The third-order valence-electron chi connectivity index (χ3n) is 6.45. The Balaban J connectivity index is 1.72. The Bertz CT molecular complexity index is 1230. The minimum absolute atomic E-state index is 0.0651. The number of fused-ring (bicyclic) bond motifs is 1. The van der Waals surface area contributed by atoms with E-state index in [0.29, 0.717) is 0 Å². The van der Waals surface area contributed by atoms with Gasteiger partial charge in [0, 0.05) is 20.2 Å². The van der Waals surface area contributed by atoms with E-state index in [1.54, 1.807) is 7.11 Å². The third kappa shape index (κ3) is 7.53. The number of benzene rings is 3. The summed E-state index contributed by atoms with van der Waals surface area (Å²) < 4.78 is 28.3. The van der Waals surface area contributed by atoms with Gasteiger partial charge in [0.15, 0.2) is 18.3 Å². The fraction of sp³-hybridized carbons (Fsp3) is 0.375. The molecule has 0 aromatic heterocycles. The highest BCUT2D eigenvalue weighted by molar-refractivity contribution is 5.99. The molecule has 4 rings (SSSR count). The van der Waals surface area contributed by atoms with Crippen LogP contribution in [0.2, 0.25) is 0 Å². The second-order valence-corrected chi connectivity index (χ2v) is 10.1. The fourth-order valence-corrected chi connectivity index (χ4v) is 4.81. The van der Waals surface area contributed by atoms with Crippen molar-refractivity contribution in [1.29, 1.82) is 0 Å². The molecule has 208 valence electrons. The van der Waals surface area contributed by atoms with E-state index >= 15 is 0 Å². The van der Waals surface area contributed by atoms with E-state index in [0.717, 1.165) is 64.8 Å². The molecule has 1 aliphatic rings. The minimum Gasteiger partial charge on any atom is -0.488 e. The average Bonchev–Trinajstić information content (AvgIpc) is 3.39. The number of hydrogen-bond donors (Lipinski definition) is 0. The van der Waals surface area contributed by atoms with Crippen LogP contribution in [0.4, 0.5) is 0 Å². The number of likely N-dealkylation sites (N-methyl/N-ethyl adjacent to an activating group) is 2. The van der Waals surface area contributed by atoms with E-state index in [2.05, 4.69) is 93.4 Å². The van der Waals surface area contributed by atoms with E-state index < -0.39 is 0 Å². The largest absolute Gasteiger partial charge is 0.488 e. The summed E-state index contributed by atoms with van der Waals surface area (Å²) in [4.78, 5) is 4.31. The summed E-state index contributed by atoms with van der Waals surface area (Å²) in [7, 11) is 9.89. The van der Waals surface area contributed by atoms with E-state index in [4.69, 9.17) is 23.7 Å². The van der Waals surface area contributed by atoms with Crippen molar-refractivity contribution in [3.05, 3.63) is 83.4 Å². The minimum atomic E-state index is 0.0651. The van der Waals surface area contributed by atoms with Gasteiger partial charge in [-0.2, -0.15) is 0 Å². The molecule has 3 aromatic rings. The maximum Gasteiger partial charge on any atom is 0.231 e. The molecule has 0 amide bonds. The van der Waals surface area contributed by atoms with Crippen molar-refractivity contribution in [1.82, 2.24) is 9.80 Å². The van der Waals surface area contributed by atoms with Gasteiger partial charge in [-0.15, -0.1) is 0 Å². The van der Waals surface area contributed by atoms with Crippen LogP contribution in [-0.2, 0) is 4.74 Å². The Morgan fingerprint density at radius 3 is 1.90 bits per heavy atom. The van der Waals surface area contributed by atoms with Crippen molar-refractivity contribution in [3.63, 3.8) is 0 Å². The van der Waals surface area contributed by atoms with Crippen LogP contribution in [0.5, 0.6) is 23.0 Å². The van der Waals surface area contributed by atoms with Crippen molar-refractivity contribution in [2.45, 2.75) is 19.4 Å². The summed E-state index contributed by atoms with van der Waals surface area (Å²) in [5.74, 6) is 3.17. The van der Waals surface area contributed by atoms with E-state index in [9.17, 15) is 0 Å². The van der Waals surface area contributed by atoms with Crippen LogP contribution in [-0.4, -0.2) is 77.9 Å². The van der Waals surface area contributed by atoms with Gasteiger partial charge in [-0.05, 0) is 98.8 Å². The van der Waals surface area contributed by atoms with Crippen molar-refractivity contribution >= 4 is 11.1 Å². The zero-order valence-corrected chi connectivity index (χ0v) is 23.9. The second kappa shape index (κ2) is 13.5. The first kappa shape index (κ1) is 28.5. The first-order chi connectivity index (χ1) is 18.9. The highest BCUT2D eigenvalue weighted by Crippen LogP contribution is 2.40. The van der Waals surface area contributed by atoms with Crippen LogP contribution in [0, 0.1) is 0 Å². The summed E-state index contributed by atoms with van der Waals surface area (Å²) in [5, 5.41) is 0. The molecule has 1 aliphatic heterocycles. The van der Waals surface area contributed by atoms with Crippen LogP contribution in [0.3, 0.4) is 0 Å².